The van der Waals surface area contributed by atoms with Crippen LogP contribution >= 0.6 is 27.7 Å². The van der Waals surface area contributed by atoms with Crippen molar-refractivity contribution < 1.29 is 24.2 Å². The highest BCUT2D eigenvalue weighted by molar-refractivity contribution is 9.10. The summed E-state index contributed by atoms with van der Waals surface area (Å²) in [5.41, 5.74) is 1.74. The van der Waals surface area contributed by atoms with Gasteiger partial charge in [-0.2, -0.15) is 5.10 Å². The summed E-state index contributed by atoms with van der Waals surface area (Å²) in [5.74, 6) is -0.283. The topological polar surface area (TPSA) is 110 Å². The summed E-state index contributed by atoms with van der Waals surface area (Å²) in [4.78, 5) is 22.4. The summed E-state index contributed by atoms with van der Waals surface area (Å²) >= 11 is 4.48. The average molecular weight is 492 g/mol. The molecule has 0 aromatic heterocycles. The first-order valence-corrected chi connectivity index (χ1v) is 10.5. The highest BCUT2D eigenvalue weighted by Gasteiger charge is 2.32. The largest absolute Gasteiger partial charge is 0.493 e. The van der Waals surface area contributed by atoms with E-state index in [9.17, 15) is 9.59 Å². The van der Waals surface area contributed by atoms with Crippen LogP contribution in [0.2, 0.25) is 0 Å². The Bertz CT molecular complexity index is 1010. The minimum atomic E-state index is -1.04. The normalized spacial score (nSPS) is 17.3. The van der Waals surface area contributed by atoms with Crippen LogP contribution in [0.5, 0.6) is 11.5 Å². The minimum Gasteiger partial charge on any atom is -0.493 e. The van der Waals surface area contributed by atoms with Gasteiger partial charge in [0.15, 0.2) is 16.7 Å². The van der Waals surface area contributed by atoms with Crippen molar-refractivity contribution in [2.45, 2.75) is 18.3 Å². The maximum absolute atomic E-state index is 11.7. The van der Waals surface area contributed by atoms with Gasteiger partial charge in [0, 0.05) is 4.47 Å². The van der Waals surface area contributed by atoms with Gasteiger partial charge in [0.25, 0.3) is 0 Å². The molecule has 8 nitrogen and oxygen atoms in total. The number of carbonyl (C=O) groups is 2. The summed E-state index contributed by atoms with van der Waals surface area (Å²) in [7, 11) is 1.55. The number of methoxy groups -OCH3 is 1. The Kier molecular flexibility index (Phi) is 7.47. The van der Waals surface area contributed by atoms with Gasteiger partial charge in [-0.25, -0.2) is 0 Å². The van der Waals surface area contributed by atoms with Crippen molar-refractivity contribution in [2.75, 3.05) is 7.11 Å². The third-order valence-electron chi connectivity index (χ3n) is 3.96. The zero-order valence-electron chi connectivity index (χ0n) is 15.9. The summed E-state index contributed by atoms with van der Waals surface area (Å²) in [6.45, 7) is 0.394. The van der Waals surface area contributed by atoms with E-state index in [2.05, 4.69) is 31.4 Å². The number of nitrogens with one attached hydrogen (secondary N) is 1. The molecule has 1 aliphatic heterocycles. The fourth-order valence-corrected chi connectivity index (χ4v) is 3.93. The summed E-state index contributed by atoms with van der Waals surface area (Å²) in [5, 5.41) is 18.8. The van der Waals surface area contributed by atoms with E-state index in [-0.39, 0.29) is 17.5 Å². The molecule has 1 saturated heterocycles. The molecule has 1 fully saturated rings. The molecule has 1 amide bonds. The van der Waals surface area contributed by atoms with E-state index in [4.69, 9.17) is 14.6 Å². The van der Waals surface area contributed by atoms with E-state index in [1.165, 1.54) is 6.21 Å². The molecule has 1 unspecified atom stereocenters. The predicted octanol–water partition coefficient (Wildman–Crippen LogP) is 3.43. The van der Waals surface area contributed by atoms with Gasteiger partial charge in [0.05, 0.1) is 19.7 Å². The number of nitrogens with zero attached hydrogens (tertiary/aromatic N) is 2. The molecular formula is C20H18BrN3O5S. The number of ether oxygens (including phenoxy) is 2. The summed E-state index contributed by atoms with van der Waals surface area (Å²) in [6, 6.07) is 13.2. The van der Waals surface area contributed by atoms with Gasteiger partial charge in [0.1, 0.15) is 11.9 Å². The second-order valence-electron chi connectivity index (χ2n) is 6.17. The number of hydrogen-bond donors (Lipinski definition) is 2. The number of aliphatic carboxylic acids is 1. The van der Waals surface area contributed by atoms with Crippen molar-refractivity contribution in [3.8, 4) is 11.5 Å². The molecular weight excluding hydrogens is 474 g/mol. The second kappa shape index (κ2) is 10.3. The van der Waals surface area contributed by atoms with Crippen LogP contribution in [0.1, 0.15) is 17.5 Å². The highest BCUT2D eigenvalue weighted by Crippen LogP contribution is 2.29. The molecule has 2 aromatic carbocycles. The van der Waals surface area contributed by atoms with Crippen LogP contribution in [0.25, 0.3) is 0 Å². The smallest absolute Gasteiger partial charge is 0.305 e. The Labute approximate surface area is 185 Å². The van der Waals surface area contributed by atoms with Gasteiger partial charge in [-0.3, -0.25) is 9.59 Å². The van der Waals surface area contributed by atoms with E-state index in [0.29, 0.717) is 18.1 Å². The van der Waals surface area contributed by atoms with Crippen LogP contribution in [0.4, 0.5) is 0 Å². The molecule has 1 atom stereocenters. The standard InChI is InChI=1S/C20H18BrN3O5S/c1-28-16-8-12(5-6-15(16)29-11-13-3-2-4-14(21)7-13)10-22-24-20-23-19(27)17(30-20)9-18(25)26/h2-8,10,17H,9,11H2,1H3,(H,25,26)(H,23,24,27). The van der Waals surface area contributed by atoms with Crippen LogP contribution in [0.3, 0.4) is 0 Å². The maximum atomic E-state index is 11.7. The van der Waals surface area contributed by atoms with Crippen molar-refractivity contribution in [1.29, 1.82) is 0 Å². The lowest BCUT2D eigenvalue weighted by molar-refractivity contribution is -0.138. The molecule has 0 spiro atoms. The lowest BCUT2D eigenvalue weighted by Gasteiger charge is -2.11. The Hall–Kier alpha value is -2.85. The van der Waals surface area contributed by atoms with E-state index in [1.54, 1.807) is 25.3 Å². The quantitative estimate of drug-likeness (QED) is 0.432. The van der Waals surface area contributed by atoms with E-state index in [0.717, 1.165) is 27.4 Å². The number of amidine groups is 1. The van der Waals surface area contributed by atoms with Crippen LogP contribution in [-0.2, 0) is 16.2 Å². The molecule has 30 heavy (non-hydrogen) atoms. The lowest BCUT2D eigenvalue weighted by Crippen LogP contribution is -2.26. The fourth-order valence-electron chi connectivity index (χ4n) is 2.56. The molecule has 10 heteroatoms. The molecule has 156 valence electrons. The summed E-state index contributed by atoms with van der Waals surface area (Å²) in [6.07, 6.45) is 1.24. The third kappa shape index (κ3) is 6.07. The Morgan fingerprint density at radius 3 is 2.87 bits per heavy atom. The maximum Gasteiger partial charge on any atom is 0.305 e. The molecule has 0 aliphatic carbocycles. The number of halogens is 1. The monoisotopic (exact) mass is 491 g/mol. The van der Waals surface area contributed by atoms with Gasteiger partial charge in [-0.15, -0.1) is 5.10 Å². The van der Waals surface area contributed by atoms with Crippen molar-refractivity contribution in [1.82, 2.24) is 5.32 Å². The molecule has 0 radical (unpaired) electrons. The first-order chi connectivity index (χ1) is 14.4. The van der Waals surface area contributed by atoms with Crippen molar-refractivity contribution >= 4 is 51.0 Å². The van der Waals surface area contributed by atoms with Crippen LogP contribution in [0.15, 0.2) is 57.1 Å². The zero-order chi connectivity index (χ0) is 21.5. The molecule has 1 aliphatic rings. The molecule has 0 bridgehead atoms. The Morgan fingerprint density at radius 1 is 1.30 bits per heavy atom. The first kappa shape index (κ1) is 21.8. The minimum absolute atomic E-state index is 0.266. The molecule has 2 N–H and O–H groups in total. The number of carbonyl (C=O) groups excluding carboxylic acids is 1. The molecule has 0 saturated carbocycles. The van der Waals surface area contributed by atoms with E-state index >= 15 is 0 Å². The van der Waals surface area contributed by atoms with Crippen LogP contribution in [-0.4, -0.2) is 40.7 Å². The third-order valence-corrected chi connectivity index (χ3v) is 5.53. The van der Waals surface area contributed by atoms with Gasteiger partial charge in [-0.05, 0) is 41.5 Å². The first-order valence-electron chi connectivity index (χ1n) is 8.80. The molecule has 2 aromatic rings. The Morgan fingerprint density at radius 2 is 2.13 bits per heavy atom. The van der Waals surface area contributed by atoms with E-state index < -0.39 is 11.2 Å². The van der Waals surface area contributed by atoms with E-state index in [1.807, 2.05) is 24.3 Å². The number of amides is 1. The van der Waals surface area contributed by atoms with Crippen molar-refractivity contribution in [3.63, 3.8) is 0 Å². The zero-order valence-corrected chi connectivity index (χ0v) is 18.3. The number of benzene rings is 2. The van der Waals surface area contributed by atoms with Gasteiger partial charge in [-0.1, -0.05) is 39.8 Å². The number of carboxylic acid groups (broad SMARTS) is 1. The summed E-state index contributed by atoms with van der Waals surface area (Å²) < 4.78 is 12.2. The lowest BCUT2D eigenvalue weighted by atomic mass is 10.2. The number of hydrogen-bond acceptors (Lipinski definition) is 7. The SMILES string of the molecule is COc1cc(C=NN=C2NC(=O)C(CC(=O)O)S2)ccc1OCc1cccc(Br)c1. The second-order valence-corrected chi connectivity index (χ2v) is 8.28. The fraction of sp³-hybridized carbons (Fsp3) is 0.200. The van der Waals surface area contributed by atoms with Crippen LogP contribution < -0.4 is 14.8 Å². The highest BCUT2D eigenvalue weighted by atomic mass is 79.9. The average Bonchev–Trinajstić information content (AvgIpc) is 3.05. The van der Waals surface area contributed by atoms with Gasteiger partial charge >= 0.3 is 5.97 Å². The Balaban J connectivity index is 1.63. The van der Waals surface area contributed by atoms with Crippen LogP contribution in [0, 0.1) is 0 Å². The number of carboxylic acids is 1. The molecule has 3 rings (SSSR count). The van der Waals surface area contributed by atoms with Gasteiger partial charge in [0.2, 0.25) is 5.91 Å². The van der Waals surface area contributed by atoms with Crippen molar-refractivity contribution in [3.05, 3.63) is 58.1 Å². The van der Waals surface area contributed by atoms with Crippen molar-refractivity contribution in [2.24, 2.45) is 10.2 Å². The number of rotatable bonds is 8. The van der Waals surface area contributed by atoms with Gasteiger partial charge < -0.3 is 19.9 Å². The predicted molar refractivity (Wildman–Crippen MR) is 118 cm³/mol. The number of thioether (sulfide) groups is 1. The molecule has 1 heterocycles.